The van der Waals surface area contributed by atoms with Crippen LogP contribution in [0.15, 0.2) is 6.33 Å². The Labute approximate surface area is 111 Å². The zero-order valence-corrected chi connectivity index (χ0v) is 10.9. The Morgan fingerprint density at radius 3 is 2.68 bits per heavy atom. The third-order valence-electron chi connectivity index (χ3n) is 3.63. The lowest BCUT2D eigenvalue weighted by atomic mass is 9.78. The van der Waals surface area contributed by atoms with Crippen LogP contribution in [0.4, 0.5) is 0 Å². The van der Waals surface area contributed by atoms with Crippen LogP contribution in [0.25, 0.3) is 0 Å². The molecule has 7 heteroatoms. The van der Waals surface area contributed by atoms with Gasteiger partial charge in [0.1, 0.15) is 12.2 Å². The monoisotopic (exact) mass is 266 g/mol. The molecule has 1 aromatic heterocycles. The van der Waals surface area contributed by atoms with Crippen molar-refractivity contribution in [2.75, 3.05) is 7.05 Å². The zero-order valence-electron chi connectivity index (χ0n) is 10.9. The predicted octanol–water partition coefficient (Wildman–Crippen LogP) is 0.654. The van der Waals surface area contributed by atoms with Crippen molar-refractivity contribution < 1.29 is 14.7 Å². The molecule has 0 spiro atoms. The lowest BCUT2D eigenvalue weighted by Gasteiger charge is -2.30. The molecule has 1 amide bonds. The van der Waals surface area contributed by atoms with Gasteiger partial charge in [-0.25, -0.2) is 4.98 Å². The Hall–Kier alpha value is -1.92. The van der Waals surface area contributed by atoms with Crippen LogP contribution in [-0.4, -0.2) is 44.1 Å². The maximum Gasteiger partial charge on any atom is 0.307 e. The van der Waals surface area contributed by atoms with Gasteiger partial charge >= 0.3 is 5.97 Å². The summed E-state index contributed by atoms with van der Waals surface area (Å²) in [6.45, 7) is 0.321. The summed E-state index contributed by atoms with van der Waals surface area (Å²) in [6, 6.07) is 0. The number of amides is 1. The van der Waals surface area contributed by atoms with E-state index >= 15 is 0 Å². The normalized spacial score (nSPS) is 23.0. The van der Waals surface area contributed by atoms with Crippen LogP contribution in [0.5, 0.6) is 0 Å². The number of carbonyl (C=O) groups excluding carboxylic acids is 1. The minimum absolute atomic E-state index is 0.122. The predicted molar refractivity (Wildman–Crippen MR) is 65.9 cm³/mol. The molecule has 104 valence electrons. The van der Waals surface area contributed by atoms with Crippen molar-refractivity contribution >= 4 is 11.9 Å². The molecule has 1 saturated carbocycles. The molecule has 1 heterocycles. The average molecular weight is 266 g/mol. The molecule has 1 aliphatic carbocycles. The summed E-state index contributed by atoms with van der Waals surface area (Å²) in [5.74, 6) is -1.37. The lowest BCUT2D eigenvalue weighted by molar-refractivity contribution is -0.152. The van der Waals surface area contributed by atoms with Crippen molar-refractivity contribution in [3.63, 3.8) is 0 Å². The number of aromatic nitrogens is 3. The highest BCUT2D eigenvalue weighted by Crippen LogP contribution is 2.31. The lowest BCUT2D eigenvalue weighted by Crippen LogP contribution is -2.40. The van der Waals surface area contributed by atoms with Crippen LogP contribution in [0.2, 0.25) is 0 Å². The van der Waals surface area contributed by atoms with E-state index in [2.05, 4.69) is 15.2 Å². The third kappa shape index (κ3) is 3.10. The van der Waals surface area contributed by atoms with E-state index in [1.54, 1.807) is 7.05 Å². The van der Waals surface area contributed by atoms with E-state index in [0.29, 0.717) is 25.2 Å². The Bertz CT molecular complexity index is 446. The highest BCUT2D eigenvalue weighted by atomic mass is 16.4. The number of aliphatic carboxylic acids is 1. The molecule has 1 fully saturated rings. The highest BCUT2D eigenvalue weighted by Gasteiger charge is 2.37. The van der Waals surface area contributed by atoms with E-state index in [-0.39, 0.29) is 5.91 Å². The smallest absolute Gasteiger partial charge is 0.307 e. The Balaban J connectivity index is 2.02. The molecule has 0 saturated heterocycles. The fourth-order valence-corrected chi connectivity index (χ4v) is 2.61. The van der Waals surface area contributed by atoms with Gasteiger partial charge in [-0.05, 0) is 12.8 Å². The number of carboxylic acid groups (broad SMARTS) is 1. The summed E-state index contributed by atoms with van der Waals surface area (Å²) in [4.78, 5) is 29.0. The Kier molecular flexibility index (Phi) is 4.13. The molecule has 0 aromatic carbocycles. The molecule has 1 aliphatic rings. The first-order valence-electron chi connectivity index (χ1n) is 6.41. The molecule has 0 bridgehead atoms. The molecule has 19 heavy (non-hydrogen) atoms. The Morgan fingerprint density at radius 2 is 2.11 bits per heavy atom. The van der Waals surface area contributed by atoms with Crippen LogP contribution in [0.1, 0.15) is 31.5 Å². The van der Waals surface area contributed by atoms with Crippen LogP contribution in [-0.2, 0) is 16.1 Å². The summed E-state index contributed by atoms with van der Waals surface area (Å²) in [7, 11) is 1.67. The minimum Gasteiger partial charge on any atom is -0.481 e. The summed E-state index contributed by atoms with van der Waals surface area (Å²) < 4.78 is 0. The molecule has 2 atom stereocenters. The first kappa shape index (κ1) is 13.5. The number of carbonyl (C=O) groups is 2. The number of nitrogens with one attached hydrogen (secondary N) is 1. The molecular weight excluding hydrogens is 248 g/mol. The van der Waals surface area contributed by atoms with Crippen molar-refractivity contribution in [3.05, 3.63) is 12.2 Å². The topological polar surface area (TPSA) is 99.2 Å². The first-order valence-corrected chi connectivity index (χ1v) is 6.41. The highest BCUT2D eigenvalue weighted by molar-refractivity contribution is 5.84. The fourth-order valence-electron chi connectivity index (χ4n) is 2.61. The number of hydrogen-bond acceptors (Lipinski definition) is 4. The van der Waals surface area contributed by atoms with Gasteiger partial charge in [-0.2, -0.15) is 5.10 Å². The van der Waals surface area contributed by atoms with Gasteiger partial charge in [0.15, 0.2) is 0 Å². The van der Waals surface area contributed by atoms with Crippen molar-refractivity contribution in [2.24, 2.45) is 11.8 Å². The van der Waals surface area contributed by atoms with Gasteiger partial charge in [-0.3, -0.25) is 14.7 Å². The maximum absolute atomic E-state index is 12.3. The zero-order chi connectivity index (χ0) is 13.8. The number of nitrogens with zero attached hydrogens (tertiary/aromatic N) is 3. The van der Waals surface area contributed by atoms with Gasteiger partial charge < -0.3 is 10.0 Å². The summed E-state index contributed by atoms with van der Waals surface area (Å²) in [5, 5.41) is 15.6. The van der Waals surface area contributed by atoms with Crippen molar-refractivity contribution in [1.29, 1.82) is 0 Å². The second-order valence-corrected chi connectivity index (χ2v) is 4.96. The fraction of sp³-hybridized carbons (Fsp3) is 0.667. The number of aromatic amines is 1. The molecular formula is C12H18N4O3. The van der Waals surface area contributed by atoms with Crippen LogP contribution >= 0.6 is 0 Å². The molecule has 2 rings (SSSR count). The van der Waals surface area contributed by atoms with E-state index in [1.807, 2.05) is 0 Å². The van der Waals surface area contributed by atoms with Crippen molar-refractivity contribution in [2.45, 2.75) is 32.2 Å². The number of rotatable bonds is 4. The SMILES string of the molecule is CN(Cc1ncn[nH]1)C(=O)C1CCCCC1C(=O)O. The van der Waals surface area contributed by atoms with Crippen LogP contribution < -0.4 is 0 Å². The van der Waals surface area contributed by atoms with Gasteiger partial charge in [0.25, 0.3) is 0 Å². The third-order valence-corrected chi connectivity index (χ3v) is 3.63. The van der Waals surface area contributed by atoms with Crippen molar-refractivity contribution in [1.82, 2.24) is 20.1 Å². The molecule has 2 unspecified atom stereocenters. The van der Waals surface area contributed by atoms with Gasteiger partial charge in [-0.15, -0.1) is 0 Å². The molecule has 0 aliphatic heterocycles. The van der Waals surface area contributed by atoms with E-state index in [4.69, 9.17) is 0 Å². The van der Waals surface area contributed by atoms with Gasteiger partial charge in [-0.1, -0.05) is 12.8 Å². The summed E-state index contributed by atoms with van der Waals surface area (Å²) in [6.07, 6.45) is 4.41. The Morgan fingerprint density at radius 1 is 1.42 bits per heavy atom. The summed E-state index contributed by atoms with van der Waals surface area (Å²) >= 11 is 0. The van der Waals surface area contributed by atoms with E-state index in [0.717, 1.165) is 12.8 Å². The van der Waals surface area contributed by atoms with Gasteiger partial charge in [0.05, 0.1) is 18.4 Å². The van der Waals surface area contributed by atoms with Crippen molar-refractivity contribution in [3.8, 4) is 0 Å². The van der Waals surface area contributed by atoms with E-state index in [1.165, 1.54) is 11.2 Å². The average Bonchev–Trinajstić information content (AvgIpc) is 2.90. The molecule has 1 aromatic rings. The van der Waals surface area contributed by atoms with Crippen LogP contribution in [0.3, 0.4) is 0 Å². The number of hydrogen-bond donors (Lipinski definition) is 2. The van der Waals surface area contributed by atoms with E-state index in [9.17, 15) is 14.7 Å². The largest absolute Gasteiger partial charge is 0.481 e. The molecule has 2 N–H and O–H groups in total. The van der Waals surface area contributed by atoms with Gasteiger partial charge in [0, 0.05) is 7.05 Å². The molecule has 0 radical (unpaired) electrons. The second kappa shape index (κ2) is 5.81. The second-order valence-electron chi connectivity index (χ2n) is 4.96. The first-order chi connectivity index (χ1) is 9.09. The van der Waals surface area contributed by atoms with Crippen LogP contribution in [0, 0.1) is 11.8 Å². The number of carboxylic acids is 1. The number of H-pyrrole nitrogens is 1. The maximum atomic E-state index is 12.3. The summed E-state index contributed by atoms with van der Waals surface area (Å²) in [5.41, 5.74) is 0. The quantitative estimate of drug-likeness (QED) is 0.833. The molecule has 7 nitrogen and oxygen atoms in total. The standard InChI is InChI=1S/C12H18N4O3/c1-16(6-10-13-7-14-15-10)11(17)8-4-2-3-5-9(8)12(18)19/h7-9H,2-6H2,1H3,(H,18,19)(H,13,14,15). The van der Waals surface area contributed by atoms with E-state index < -0.39 is 17.8 Å². The van der Waals surface area contributed by atoms with Gasteiger partial charge in [0.2, 0.25) is 5.91 Å². The minimum atomic E-state index is -0.869.